The van der Waals surface area contributed by atoms with Gasteiger partial charge in [-0.1, -0.05) is 5.92 Å². The van der Waals surface area contributed by atoms with Gasteiger partial charge in [0.2, 0.25) is 5.91 Å². The predicted octanol–water partition coefficient (Wildman–Crippen LogP) is -0.595. The number of nitrogens with one attached hydrogen (secondary N) is 1. The lowest BCUT2D eigenvalue weighted by molar-refractivity contribution is -0.125. The minimum absolute atomic E-state index is 0.00521. The average molecular weight is 209 g/mol. The van der Waals surface area contributed by atoms with Gasteiger partial charge in [-0.05, 0) is 32.4 Å². The van der Waals surface area contributed by atoms with Gasteiger partial charge < -0.3 is 11.1 Å². The van der Waals surface area contributed by atoms with Crippen molar-refractivity contribution in [3.8, 4) is 12.3 Å². The fourth-order valence-corrected chi connectivity index (χ4v) is 1.86. The average Bonchev–Trinajstić information content (AvgIpc) is 2.73. The summed E-state index contributed by atoms with van der Waals surface area (Å²) in [5.74, 6) is 2.93. The third-order valence-corrected chi connectivity index (χ3v) is 2.94. The van der Waals surface area contributed by atoms with Gasteiger partial charge >= 0.3 is 0 Å². The number of carbonyl (C=O) groups is 1. The Balaban J connectivity index is 2.37. The molecule has 0 aromatic rings. The van der Waals surface area contributed by atoms with Crippen molar-refractivity contribution in [1.82, 2.24) is 10.2 Å². The summed E-state index contributed by atoms with van der Waals surface area (Å²) in [5.41, 5.74) is 5.60. The Bertz CT molecular complexity index is 259. The van der Waals surface area contributed by atoms with Crippen LogP contribution in [0.15, 0.2) is 0 Å². The molecular formula is C11H19N3O. The van der Waals surface area contributed by atoms with Crippen molar-refractivity contribution < 1.29 is 4.79 Å². The van der Waals surface area contributed by atoms with Crippen LogP contribution in [0.1, 0.15) is 13.3 Å². The summed E-state index contributed by atoms with van der Waals surface area (Å²) in [4.78, 5) is 13.8. The standard InChI is InChI=1S/C11H19N3O/c1-3-5-13-11(15)9(2)14-6-4-10(7-12)8-14/h1,9-10H,4-8,12H2,2H3,(H,13,15). The fourth-order valence-electron chi connectivity index (χ4n) is 1.86. The second-order valence-electron chi connectivity index (χ2n) is 3.98. The number of terminal acetylenes is 1. The molecule has 15 heavy (non-hydrogen) atoms. The normalized spacial score (nSPS) is 23.4. The molecule has 0 aromatic carbocycles. The van der Waals surface area contributed by atoms with E-state index in [4.69, 9.17) is 12.2 Å². The first kappa shape index (κ1) is 12.0. The Morgan fingerprint density at radius 1 is 1.80 bits per heavy atom. The van der Waals surface area contributed by atoms with Crippen LogP contribution in [0.3, 0.4) is 0 Å². The number of amides is 1. The SMILES string of the molecule is C#CCNC(=O)C(C)N1CCC(CN)C1. The highest BCUT2D eigenvalue weighted by atomic mass is 16.2. The fraction of sp³-hybridized carbons (Fsp3) is 0.727. The lowest BCUT2D eigenvalue weighted by Gasteiger charge is -2.22. The number of hydrogen-bond acceptors (Lipinski definition) is 3. The van der Waals surface area contributed by atoms with Crippen molar-refractivity contribution >= 4 is 5.91 Å². The van der Waals surface area contributed by atoms with Crippen LogP contribution in [0.25, 0.3) is 0 Å². The Hall–Kier alpha value is -1.05. The summed E-state index contributed by atoms with van der Waals surface area (Å²) in [6.45, 7) is 4.78. The highest BCUT2D eigenvalue weighted by Crippen LogP contribution is 2.17. The van der Waals surface area contributed by atoms with Gasteiger partial charge in [-0.25, -0.2) is 0 Å². The van der Waals surface area contributed by atoms with Crippen LogP contribution in [-0.2, 0) is 4.79 Å². The number of nitrogens with two attached hydrogens (primary N) is 1. The van der Waals surface area contributed by atoms with E-state index >= 15 is 0 Å². The van der Waals surface area contributed by atoms with Gasteiger partial charge in [0.25, 0.3) is 0 Å². The third kappa shape index (κ3) is 3.22. The number of hydrogen-bond donors (Lipinski definition) is 2. The van der Waals surface area contributed by atoms with Gasteiger partial charge in [0, 0.05) is 6.54 Å². The zero-order valence-corrected chi connectivity index (χ0v) is 9.20. The summed E-state index contributed by atoms with van der Waals surface area (Å²) in [7, 11) is 0. The van der Waals surface area contributed by atoms with Crippen molar-refractivity contribution in [3.63, 3.8) is 0 Å². The molecular weight excluding hydrogens is 190 g/mol. The van der Waals surface area contributed by atoms with Crippen LogP contribution in [-0.4, -0.2) is 43.0 Å². The molecule has 3 N–H and O–H groups in total. The molecule has 84 valence electrons. The third-order valence-electron chi connectivity index (χ3n) is 2.94. The second-order valence-corrected chi connectivity index (χ2v) is 3.98. The molecule has 0 aromatic heterocycles. The lowest BCUT2D eigenvalue weighted by atomic mass is 10.1. The Morgan fingerprint density at radius 3 is 3.07 bits per heavy atom. The van der Waals surface area contributed by atoms with E-state index in [1.54, 1.807) is 0 Å². The van der Waals surface area contributed by atoms with E-state index in [9.17, 15) is 4.79 Å². The quantitative estimate of drug-likeness (QED) is 0.608. The summed E-state index contributed by atoms with van der Waals surface area (Å²) >= 11 is 0. The van der Waals surface area contributed by atoms with Gasteiger partial charge in [-0.3, -0.25) is 9.69 Å². The number of likely N-dealkylation sites (tertiary alicyclic amines) is 1. The first-order valence-electron chi connectivity index (χ1n) is 5.34. The van der Waals surface area contributed by atoms with E-state index in [-0.39, 0.29) is 11.9 Å². The van der Waals surface area contributed by atoms with Crippen LogP contribution in [0, 0.1) is 18.3 Å². The Morgan fingerprint density at radius 2 is 2.53 bits per heavy atom. The van der Waals surface area contributed by atoms with E-state index in [2.05, 4.69) is 16.1 Å². The van der Waals surface area contributed by atoms with Crippen molar-refractivity contribution in [2.24, 2.45) is 11.7 Å². The van der Waals surface area contributed by atoms with Crippen molar-refractivity contribution in [2.45, 2.75) is 19.4 Å². The maximum atomic E-state index is 11.6. The maximum absolute atomic E-state index is 11.6. The zero-order valence-electron chi connectivity index (χ0n) is 9.20. The number of nitrogens with zero attached hydrogens (tertiary/aromatic N) is 1. The zero-order chi connectivity index (χ0) is 11.3. The largest absolute Gasteiger partial charge is 0.344 e. The molecule has 0 radical (unpaired) electrons. The first-order valence-corrected chi connectivity index (χ1v) is 5.34. The summed E-state index contributed by atoms with van der Waals surface area (Å²) in [6.07, 6.45) is 6.17. The number of carbonyl (C=O) groups excluding carboxylic acids is 1. The maximum Gasteiger partial charge on any atom is 0.237 e. The second kappa shape index (κ2) is 5.74. The molecule has 1 heterocycles. The minimum Gasteiger partial charge on any atom is -0.344 e. The first-order chi connectivity index (χ1) is 7.19. The van der Waals surface area contributed by atoms with E-state index in [0.29, 0.717) is 19.0 Å². The summed E-state index contributed by atoms with van der Waals surface area (Å²) < 4.78 is 0. The molecule has 1 amide bonds. The molecule has 0 bridgehead atoms. The molecule has 4 heteroatoms. The molecule has 2 atom stereocenters. The molecule has 4 nitrogen and oxygen atoms in total. The molecule has 0 spiro atoms. The monoisotopic (exact) mass is 209 g/mol. The van der Waals surface area contributed by atoms with Gasteiger partial charge in [0.05, 0.1) is 12.6 Å². The highest BCUT2D eigenvalue weighted by Gasteiger charge is 2.28. The molecule has 1 saturated heterocycles. The van der Waals surface area contributed by atoms with Crippen molar-refractivity contribution in [3.05, 3.63) is 0 Å². The van der Waals surface area contributed by atoms with Crippen LogP contribution in [0.2, 0.25) is 0 Å². The van der Waals surface area contributed by atoms with Crippen molar-refractivity contribution in [1.29, 1.82) is 0 Å². The molecule has 2 unspecified atom stereocenters. The highest BCUT2D eigenvalue weighted by molar-refractivity contribution is 5.81. The summed E-state index contributed by atoms with van der Waals surface area (Å²) in [5, 5.41) is 2.69. The van der Waals surface area contributed by atoms with Gasteiger partial charge in [-0.2, -0.15) is 0 Å². The smallest absolute Gasteiger partial charge is 0.237 e. The molecule has 0 aliphatic carbocycles. The number of rotatable bonds is 4. The molecule has 0 saturated carbocycles. The molecule has 1 aliphatic rings. The molecule has 1 aliphatic heterocycles. The van der Waals surface area contributed by atoms with Gasteiger partial charge in [-0.15, -0.1) is 6.42 Å². The van der Waals surface area contributed by atoms with E-state index < -0.39 is 0 Å². The van der Waals surface area contributed by atoms with E-state index in [0.717, 1.165) is 19.5 Å². The van der Waals surface area contributed by atoms with Crippen LogP contribution < -0.4 is 11.1 Å². The Labute approximate surface area is 91.2 Å². The summed E-state index contributed by atoms with van der Waals surface area (Å²) in [6, 6.07) is -0.102. The predicted molar refractivity (Wildman–Crippen MR) is 60.0 cm³/mol. The van der Waals surface area contributed by atoms with E-state index in [1.807, 2.05) is 6.92 Å². The van der Waals surface area contributed by atoms with Gasteiger partial charge in [0.1, 0.15) is 0 Å². The van der Waals surface area contributed by atoms with Crippen LogP contribution in [0.5, 0.6) is 0 Å². The molecule has 1 fully saturated rings. The van der Waals surface area contributed by atoms with Gasteiger partial charge in [0.15, 0.2) is 0 Å². The lowest BCUT2D eigenvalue weighted by Crippen LogP contribution is -2.44. The Kier molecular flexibility index (Phi) is 4.60. The van der Waals surface area contributed by atoms with Crippen molar-refractivity contribution in [2.75, 3.05) is 26.2 Å². The molecule has 1 rings (SSSR count). The van der Waals surface area contributed by atoms with Crippen LogP contribution >= 0.6 is 0 Å². The van der Waals surface area contributed by atoms with Crippen LogP contribution in [0.4, 0.5) is 0 Å². The topological polar surface area (TPSA) is 58.4 Å². The van der Waals surface area contributed by atoms with E-state index in [1.165, 1.54) is 0 Å². The minimum atomic E-state index is -0.102.